The van der Waals surface area contributed by atoms with Crippen LogP contribution in [-0.2, 0) is 17.8 Å². The van der Waals surface area contributed by atoms with E-state index >= 15 is 0 Å². The number of unbranched alkanes of at least 4 members (excludes halogenated alkanes) is 1. The van der Waals surface area contributed by atoms with Crippen LogP contribution in [0.1, 0.15) is 64.5 Å². The minimum atomic E-state index is -0.722. The van der Waals surface area contributed by atoms with Crippen LogP contribution < -0.4 is 21.2 Å². The van der Waals surface area contributed by atoms with Crippen LogP contribution in [0.25, 0.3) is 0 Å². The Morgan fingerprint density at radius 1 is 1.19 bits per heavy atom. The molecule has 1 aromatic carbocycles. The third-order valence-corrected chi connectivity index (χ3v) is 5.96. The van der Waals surface area contributed by atoms with Gasteiger partial charge in [0.1, 0.15) is 17.1 Å². The fourth-order valence-electron chi connectivity index (χ4n) is 3.97. The number of benzene rings is 1. The van der Waals surface area contributed by atoms with E-state index in [4.69, 9.17) is 20.9 Å². The highest BCUT2D eigenvalue weighted by atomic mass is 19.1. The number of hydrazine groups is 1. The van der Waals surface area contributed by atoms with Gasteiger partial charge in [-0.2, -0.15) is 9.97 Å². The number of carbonyl (C=O) groups is 1. The second kappa shape index (κ2) is 12.3. The van der Waals surface area contributed by atoms with E-state index in [0.29, 0.717) is 18.7 Å². The first-order valence-corrected chi connectivity index (χ1v) is 12.8. The molecule has 2 heterocycles. The molecule has 1 aromatic heterocycles. The molecule has 2 aromatic rings. The van der Waals surface area contributed by atoms with Crippen LogP contribution >= 0.6 is 0 Å². The SMILES string of the molecule is CCCCOc1nc(N)c(N)c(N(Cc2ccc(F)c(CN3CCCC3)c2)N(C)C(=O)OC(C)(C)C)n1. The van der Waals surface area contributed by atoms with Crippen molar-refractivity contribution >= 4 is 23.4 Å². The number of hydrogen-bond acceptors (Lipinski definition) is 9. The zero-order valence-corrected chi connectivity index (χ0v) is 22.6. The molecular formula is C26H40FN7O3. The molecule has 0 radical (unpaired) electrons. The van der Waals surface area contributed by atoms with Crippen molar-refractivity contribution in [2.24, 2.45) is 0 Å². The maximum atomic E-state index is 14.7. The number of anilines is 3. The number of nitrogens with zero attached hydrogens (tertiary/aromatic N) is 5. The highest BCUT2D eigenvalue weighted by Crippen LogP contribution is 2.31. The van der Waals surface area contributed by atoms with Crippen molar-refractivity contribution in [3.63, 3.8) is 0 Å². The summed E-state index contributed by atoms with van der Waals surface area (Å²) < 4.78 is 25.9. The molecule has 204 valence electrons. The number of halogens is 1. The average Bonchev–Trinajstić information content (AvgIpc) is 3.33. The second-order valence-corrected chi connectivity index (χ2v) is 10.3. The predicted molar refractivity (Wildman–Crippen MR) is 142 cm³/mol. The molecule has 0 unspecified atom stereocenters. The lowest BCUT2D eigenvalue weighted by atomic mass is 10.1. The van der Waals surface area contributed by atoms with Crippen LogP contribution in [0, 0.1) is 5.82 Å². The van der Waals surface area contributed by atoms with Gasteiger partial charge in [0.2, 0.25) is 0 Å². The topological polar surface area (TPSA) is 123 Å². The van der Waals surface area contributed by atoms with E-state index in [1.165, 1.54) is 11.1 Å². The number of carbonyl (C=O) groups excluding carboxylic acids is 1. The Bertz CT molecular complexity index is 1070. The van der Waals surface area contributed by atoms with Gasteiger partial charge in [0, 0.05) is 19.2 Å². The smallest absolute Gasteiger partial charge is 0.429 e. The van der Waals surface area contributed by atoms with E-state index in [1.54, 1.807) is 38.9 Å². The van der Waals surface area contributed by atoms with E-state index in [2.05, 4.69) is 14.9 Å². The van der Waals surface area contributed by atoms with Crippen molar-refractivity contribution in [2.75, 3.05) is 43.2 Å². The largest absolute Gasteiger partial charge is 0.463 e. The van der Waals surface area contributed by atoms with Gasteiger partial charge < -0.3 is 20.9 Å². The molecule has 10 nitrogen and oxygen atoms in total. The lowest BCUT2D eigenvalue weighted by Gasteiger charge is -2.35. The van der Waals surface area contributed by atoms with E-state index in [9.17, 15) is 9.18 Å². The third-order valence-electron chi connectivity index (χ3n) is 5.96. The van der Waals surface area contributed by atoms with Gasteiger partial charge >= 0.3 is 12.1 Å². The summed E-state index contributed by atoms with van der Waals surface area (Å²) in [4.78, 5) is 23.9. The van der Waals surface area contributed by atoms with E-state index in [0.717, 1.165) is 44.3 Å². The molecular weight excluding hydrogens is 477 g/mol. The molecule has 1 fully saturated rings. The van der Waals surface area contributed by atoms with Crippen LogP contribution in [-0.4, -0.2) is 58.3 Å². The molecule has 1 aliphatic heterocycles. The lowest BCUT2D eigenvalue weighted by molar-refractivity contribution is 0.0272. The molecule has 0 bridgehead atoms. The fraction of sp³-hybridized carbons (Fsp3) is 0.577. The Balaban J connectivity index is 1.97. The molecule has 11 heteroatoms. The zero-order valence-electron chi connectivity index (χ0n) is 22.6. The van der Waals surface area contributed by atoms with Gasteiger partial charge in [-0.25, -0.2) is 14.2 Å². The highest BCUT2D eigenvalue weighted by molar-refractivity contribution is 5.77. The van der Waals surface area contributed by atoms with Gasteiger partial charge in [-0.3, -0.25) is 9.91 Å². The summed E-state index contributed by atoms with van der Waals surface area (Å²) in [5, 5.41) is 2.82. The minimum absolute atomic E-state index is 0.0351. The number of aromatic nitrogens is 2. The van der Waals surface area contributed by atoms with Crippen molar-refractivity contribution in [1.82, 2.24) is 19.9 Å². The normalized spacial score (nSPS) is 14.0. The fourth-order valence-corrected chi connectivity index (χ4v) is 3.97. The molecule has 0 aliphatic carbocycles. The standard InChI is InChI=1S/C26H40FN7O3/c1-6-7-14-36-24-30-22(29)21(28)23(31-24)34(32(5)25(35)37-26(2,3)4)16-18-10-11-20(27)19(15-18)17-33-12-8-9-13-33/h10-11,15H,6-9,12-14,16-17,28H2,1-5H3,(H2,29,30,31). The first kappa shape index (κ1) is 28.2. The number of likely N-dealkylation sites (tertiary alicyclic amines) is 1. The van der Waals surface area contributed by atoms with Gasteiger partial charge in [0.25, 0.3) is 0 Å². The second-order valence-electron chi connectivity index (χ2n) is 10.3. The summed E-state index contributed by atoms with van der Waals surface area (Å²) in [5.41, 5.74) is 13.1. The summed E-state index contributed by atoms with van der Waals surface area (Å²) in [7, 11) is 1.55. The molecule has 4 N–H and O–H groups in total. The summed E-state index contributed by atoms with van der Waals surface area (Å²) >= 11 is 0. The van der Waals surface area contributed by atoms with Gasteiger partial charge in [0.15, 0.2) is 11.6 Å². The Morgan fingerprint density at radius 3 is 2.54 bits per heavy atom. The maximum Gasteiger partial charge on any atom is 0.429 e. The van der Waals surface area contributed by atoms with Crippen molar-refractivity contribution in [1.29, 1.82) is 0 Å². The average molecular weight is 518 g/mol. The summed E-state index contributed by atoms with van der Waals surface area (Å²) in [6, 6.07) is 5.00. The Labute approximate surface area is 218 Å². The minimum Gasteiger partial charge on any atom is -0.463 e. The van der Waals surface area contributed by atoms with Gasteiger partial charge in [-0.15, -0.1) is 0 Å². The zero-order chi connectivity index (χ0) is 27.2. The number of nitrogen functional groups attached to an aromatic ring is 2. The number of ether oxygens (including phenoxy) is 2. The summed E-state index contributed by atoms with van der Waals surface area (Å²) in [5.74, 6) is -0.0363. The summed E-state index contributed by atoms with van der Waals surface area (Å²) in [6.45, 7) is 10.4. The van der Waals surface area contributed by atoms with Crippen LogP contribution in [0.2, 0.25) is 0 Å². The van der Waals surface area contributed by atoms with Crippen LogP contribution in [0.4, 0.5) is 26.5 Å². The monoisotopic (exact) mass is 517 g/mol. The van der Waals surface area contributed by atoms with E-state index < -0.39 is 11.7 Å². The highest BCUT2D eigenvalue weighted by Gasteiger charge is 2.28. The molecule has 1 amide bonds. The molecule has 3 rings (SSSR count). The van der Waals surface area contributed by atoms with Gasteiger partial charge in [-0.1, -0.05) is 19.4 Å². The van der Waals surface area contributed by atoms with Crippen LogP contribution in [0.3, 0.4) is 0 Å². The molecule has 1 aliphatic rings. The Hall–Kier alpha value is -3.34. The first-order chi connectivity index (χ1) is 17.5. The van der Waals surface area contributed by atoms with Crippen molar-refractivity contribution in [2.45, 2.75) is 72.1 Å². The van der Waals surface area contributed by atoms with E-state index in [-0.39, 0.29) is 35.7 Å². The number of amides is 1. The molecule has 0 spiro atoms. The molecule has 0 saturated carbocycles. The van der Waals surface area contributed by atoms with Crippen molar-refractivity contribution in [3.05, 3.63) is 35.1 Å². The van der Waals surface area contributed by atoms with Crippen molar-refractivity contribution in [3.8, 4) is 6.01 Å². The van der Waals surface area contributed by atoms with Gasteiger partial charge in [-0.05, 0) is 70.8 Å². The first-order valence-electron chi connectivity index (χ1n) is 12.8. The predicted octanol–water partition coefficient (Wildman–Crippen LogP) is 4.34. The maximum absolute atomic E-state index is 14.7. The molecule has 0 atom stereocenters. The summed E-state index contributed by atoms with van der Waals surface area (Å²) in [6.07, 6.45) is 3.38. The Kier molecular flexibility index (Phi) is 9.36. The van der Waals surface area contributed by atoms with Crippen LogP contribution in [0.15, 0.2) is 18.2 Å². The van der Waals surface area contributed by atoms with Crippen molar-refractivity contribution < 1.29 is 18.7 Å². The number of nitrogens with two attached hydrogens (primary N) is 2. The quantitative estimate of drug-likeness (QED) is 0.350. The molecule has 37 heavy (non-hydrogen) atoms. The Morgan fingerprint density at radius 2 is 1.89 bits per heavy atom. The molecule has 1 saturated heterocycles. The number of hydrogen-bond donors (Lipinski definition) is 2. The lowest BCUT2D eigenvalue weighted by Crippen LogP contribution is -2.46. The van der Waals surface area contributed by atoms with E-state index in [1.807, 2.05) is 13.0 Å². The van der Waals surface area contributed by atoms with Gasteiger partial charge in [0.05, 0.1) is 13.2 Å². The number of rotatable bonds is 10. The van der Waals surface area contributed by atoms with Crippen LogP contribution in [0.5, 0.6) is 6.01 Å². The third kappa shape index (κ3) is 7.82.